The predicted octanol–water partition coefficient (Wildman–Crippen LogP) is 0.330. The molecule has 2 aromatic rings. The lowest BCUT2D eigenvalue weighted by molar-refractivity contribution is 0.605. The van der Waals surface area contributed by atoms with Gasteiger partial charge >= 0.3 is 5.69 Å². The number of nitrogen functional groups attached to an aromatic ring is 1. The van der Waals surface area contributed by atoms with Gasteiger partial charge < -0.3 is 5.73 Å². The summed E-state index contributed by atoms with van der Waals surface area (Å²) in [6, 6.07) is 2.22. The van der Waals surface area contributed by atoms with Crippen molar-refractivity contribution in [3.05, 3.63) is 33.5 Å². The molecule has 0 fully saturated rings. The molecule has 0 radical (unpaired) electrons. The van der Waals surface area contributed by atoms with Crippen molar-refractivity contribution in [2.24, 2.45) is 0 Å². The number of halogens is 2. The number of hydrogen-bond donors (Lipinski definition) is 2. The van der Waals surface area contributed by atoms with Crippen LogP contribution in [0.3, 0.4) is 0 Å². The van der Waals surface area contributed by atoms with Crippen LogP contribution in [0, 0.1) is 5.82 Å². The second-order valence-corrected chi connectivity index (χ2v) is 3.15. The average Bonchev–Trinajstić information content (AvgIpc) is 2.58. The number of aromatic nitrogens is 4. The summed E-state index contributed by atoms with van der Waals surface area (Å²) >= 11 is 5.59. The highest BCUT2D eigenvalue weighted by atomic mass is 35.5. The van der Waals surface area contributed by atoms with E-state index in [-0.39, 0.29) is 16.4 Å². The first kappa shape index (κ1) is 9.66. The number of benzene rings is 1. The van der Waals surface area contributed by atoms with E-state index >= 15 is 0 Å². The predicted molar refractivity (Wildman–Crippen MR) is 51.4 cm³/mol. The fourth-order valence-electron chi connectivity index (χ4n) is 1.07. The molecule has 8 heteroatoms. The van der Waals surface area contributed by atoms with Gasteiger partial charge in [0.25, 0.3) is 0 Å². The van der Waals surface area contributed by atoms with Gasteiger partial charge in [0, 0.05) is 0 Å². The van der Waals surface area contributed by atoms with Gasteiger partial charge in [0.05, 0.1) is 10.7 Å². The zero-order valence-electron chi connectivity index (χ0n) is 7.24. The fraction of sp³-hybridized carbons (Fsp3) is 0. The summed E-state index contributed by atoms with van der Waals surface area (Å²) in [6.45, 7) is 0. The quantitative estimate of drug-likeness (QED) is 0.690. The highest BCUT2D eigenvalue weighted by Gasteiger charge is 2.11. The van der Waals surface area contributed by atoms with Crippen LogP contribution in [0.25, 0.3) is 5.69 Å². The van der Waals surface area contributed by atoms with Crippen LogP contribution in [0.5, 0.6) is 0 Å². The van der Waals surface area contributed by atoms with Crippen LogP contribution in [0.2, 0.25) is 5.02 Å². The molecule has 1 aromatic carbocycles. The normalized spacial score (nSPS) is 10.5. The van der Waals surface area contributed by atoms with Gasteiger partial charge in [0.1, 0.15) is 5.69 Å². The molecule has 0 unspecified atom stereocenters. The summed E-state index contributed by atoms with van der Waals surface area (Å²) in [4.78, 5) is 11.1. The number of nitrogens with one attached hydrogen (secondary N) is 1. The highest BCUT2D eigenvalue weighted by molar-refractivity contribution is 6.33. The van der Waals surface area contributed by atoms with Gasteiger partial charge in [-0.15, -0.1) is 0 Å². The van der Waals surface area contributed by atoms with Crippen LogP contribution in [0.15, 0.2) is 16.9 Å². The van der Waals surface area contributed by atoms with E-state index in [9.17, 15) is 9.18 Å². The maximum Gasteiger partial charge on any atom is 0.365 e. The minimum atomic E-state index is -0.704. The molecule has 1 heterocycles. The van der Waals surface area contributed by atoms with Crippen molar-refractivity contribution in [2.45, 2.75) is 0 Å². The van der Waals surface area contributed by atoms with Gasteiger partial charge in [-0.3, -0.25) is 0 Å². The van der Waals surface area contributed by atoms with Crippen molar-refractivity contribution in [1.82, 2.24) is 20.2 Å². The molecule has 0 amide bonds. The van der Waals surface area contributed by atoms with Gasteiger partial charge in [-0.2, -0.15) is 4.68 Å². The molecule has 2 rings (SSSR count). The Labute approximate surface area is 87.4 Å². The lowest BCUT2D eigenvalue weighted by atomic mass is 10.2. The molecule has 0 saturated heterocycles. The minimum absolute atomic E-state index is 0.0767. The molecule has 0 aliphatic heterocycles. The molecule has 6 nitrogen and oxygen atoms in total. The number of rotatable bonds is 1. The summed E-state index contributed by atoms with van der Waals surface area (Å²) in [6.07, 6.45) is 0. The van der Waals surface area contributed by atoms with Crippen molar-refractivity contribution < 1.29 is 4.39 Å². The zero-order chi connectivity index (χ0) is 11.0. The first-order valence-corrected chi connectivity index (χ1v) is 4.22. The molecular weight excluding hydrogens is 225 g/mol. The van der Waals surface area contributed by atoms with Crippen LogP contribution in [0.4, 0.5) is 10.1 Å². The van der Waals surface area contributed by atoms with E-state index in [1.807, 2.05) is 5.10 Å². The number of aromatic amines is 1. The Morgan fingerprint density at radius 3 is 2.87 bits per heavy atom. The number of tetrazole rings is 1. The van der Waals surface area contributed by atoms with E-state index in [2.05, 4.69) is 10.4 Å². The highest BCUT2D eigenvalue weighted by Crippen LogP contribution is 2.23. The van der Waals surface area contributed by atoms with E-state index in [1.165, 1.54) is 6.07 Å². The van der Waals surface area contributed by atoms with Gasteiger partial charge in [-0.1, -0.05) is 11.6 Å². The Kier molecular flexibility index (Phi) is 2.16. The Balaban J connectivity index is 2.69. The molecular formula is C7H5ClFN5O. The lowest BCUT2D eigenvalue weighted by Gasteiger charge is -2.03. The Morgan fingerprint density at radius 1 is 1.53 bits per heavy atom. The van der Waals surface area contributed by atoms with Crippen molar-refractivity contribution in [1.29, 1.82) is 0 Å². The SMILES string of the molecule is Nc1cc(-n2nn[nH]c2=O)c(F)cc1Cl. The van der Waals surface area contributed by atoms with Crippen LogP contribution in [0.1, 0.15) is 0 Å². The van der Waals surface area contributed by atoms with E-state index < -0.39 is 11.5 Å². The van der Waals surface area contributed by atoms with E-state index in [4.69, 9.17) is 17.3 Å². The smallest absolute Gasteiger partial charge is 0.365 e. The van der Waals surface area contributed by atoms with Gasteiger partial charge in [0.2, 0.25) is 0 Å². The maximum atomic E-state index is 13.4. The van der Waals surface area contributed by atoms with Crippen molar-refractivity contribution in [2.75, 3.05) is 5.73 Å². The number of nitrogens with two attached hydrogens (primary N) is 1. The van der Waals surface area contributed by atoms with E-state index in [0.717, 1.165) is 10.7 Å². The molecule has 0 saturated carbocycles. The molecule has 0 aliphatic carbocycles. The summed E-state index contributed by atoms with van der Waals surface area (Å²) in [5.74, 6) is -0.704. The average molecular weight is 230 g/mol. The van der Waals surface area contributed by atoms with E-state index in [0.29, 0.717) is 0 Å². The standard InChI is InChI=1S/C7H5ClFN5O/c8-3-1-4(9)6(2-5(3)10)14-7(15)11-12-13-14/h1-2H,10H2,(H,11,13,15). The van der Waals surface area contributed by atoms with E-state index in [1.54, 1.807) is 0 Å². The number of H-pyrrole nitrogens is 1. The van der Waals surface area contributed by atoms with Crippen molar-refractivity contribution in [3.63, 3.8) is 0 Å². The summed E-state index contributed by atoms with van der Waals surface area (Å²) < 4.78 is 14.1. The third-order valence-electron chi connectivity index (χ3n) is 1.77. The molecule has 0 aliphatic rings. The molecule has 15 heavy (non-hydrogen) atoms. The molecule has 3 N–H and O–H groups in total. The maximum absolute atomic E-state index is 13.4. The first-order chi connectivity index (χ1) is 7.09. The zero-order valence-corrected chi connectivity index (χ0v) is 7.99. The van der Waals surface area contributed by atoms with Crippen LogP contribution < -0.4 is 11.4 Å². The van der Waals surface area contributed by atoms with Crippen LogP contribution >= 0.6 is 11.6 Å². The monoisotopic (exact) mass is 229 g/mol. The second-order valence-electron chi connectivity index (χ2n) is 2.74. The fourth-order valence-corrected chi connectivity index (χ4v) is 1.22. The van der Waals surface area contributed by atoms with Gasteiger partial charge in [0.15, 0.2) is 5.82 Å². The topological polar surface area (TPSA) is 89.6 Å². The minimum Gasteiger partial charge on any atom is -0.397 e. The summed E-state index contributed by atoms with van der Waals surface area (Å²) in [7, 11) is 0. The Bertz CT molecular complexity index is 563. The Hall–Kier alpha value is -1.89. The molecule has 0 bridgehead atoms. The van der Waals surface area contributed by atoms with Gasteiger partial charge in [-0.05, 0) is 22.6 Å². The van der Waals surface area contributed by atoms with Crippen molar-refractivity contribution >= 4 is 17.3 Å². The molecule has 1 aromatic heterocycles. The third-order valence-corrected chi connectivity index (χ3v) is 2.09. The number of hydrogen-bond acceptors (Lipinski definition) is 4. The first-order valence-electron chi connectivity index (χ1n) is 3.85. The summed E-state index contributed by atoms with van der Waals surface area (Å²) in [5.41, 5.74) is 4.87. The number of nitrogens with zero attached hydrogens (tertiary/aromatic N) is 3. The largest absolute Gasteiger partial charge is 0.397 e. The number of anilines is 1. The third kappa shape index (κ3) is 1.57. The van der Waals surface area contributed by atoms with Gasteiger partial charge in [-0.25, -0.2) is 14.3 Å². The Morgan fingerprint density at radius 2 is 2.27 bits per heavy atom. The molecule has 0 atom stereocenters. The lowest BCUT2D eigenvalue weighted by Crippen LogP contribution is -2.17. The molecule has 0 spiro atoms. The van der Waals surface area contributed by atoms with Crippen LogP contribution in [-0.4, -0.2) is 20.2 Å². The van der Waals surface area contributed by atoms with Crippen molar-refractivity contribution in [3.8, 4) is 5.69 Å². The van der Waals surface area contributed by atoms with Crippen LogP contribution in [-0.2, 0) is 0 Å². The second kappa shape index (κ2) is 3.35. The summed E-state index contributed by atoms with van der Waals surface area (Å²) in [5, 5.41) is 8.71. The molecule has 78 valence electrons.